The summed E-state index contributed by atoms with van der Waals surface area (Å²) in [5.74, 6) is 0.506. The van der Waals surface area contributed by atoms with E-state index < -0.39 is 0 Å². The Labute approximate surface area is 131 Å². The van der Waals surface area contributed by atoms with Crippen LogP contribution in [0.25, 0.3) is 0 Å². The van der Waals surface area contributed by atoms with Crippen molar-refractivity contribution in [1.82, 2.24) is 5.32 Å². The fraction of sp³-hybridized carbons (Fsp3) is 0.188. The molecule has 0 fully saturated rings. The van der Waals surface area contributed by atoms with Gasteiger partial charge in [-0.1, -0.05) is 34.1 Å². The molecule has 0 saturated heterocycles. The van der Waals surface area contributed by atoms with Crippen LogP contribution < -0.4 is 15.4 Å². The van der Waals surface area contributed by atoms with E-state index in [1.807, 2.05) is 36.4 Å². The van der Waals surface area contributed by atoms with Gasteiger partial charge < -0.3 is 15.4 Å². The molecule has 1 amide bonds. The maximum absolute atomic E-state index is 12.3. The molecule has 0 aromatic heterocycles. The molecule has 0 radical (unpaired) electrons. The molecule has 0 saturated carbocycles. The van der Waals surface area contributed by atoms with Crippen LogP contribution in [0.4, 0.5) is 5.69 Å². The average Bonchev–Trinajstić information content (AvgIpc) is 2.52. The molecule has 0 unspecified atom stereocenters. The lowest BCUT2D eigenvalue weighted by Crippen LogP contribution is -2.26. The van der Waals surface area contributed by atoms with E-state index in [2.05, 4.69) is 26.6 Å². The number of amides is 1. The lowest BCUT2D eigenvalue weighted by molar-refractivity contribution is 0.0947. The minimum Gasteiger partial charge on any atom is -0.489 e. The minimum atomic E-state index is -0.129. The summed E-state index contributed by atoms with van der Waals surface area (Å²) in [5, 5.41) is 6.15. The Morgan fingerprint density at radius 2 is 2.14 bits per heavy atom. The Kier molecular flexibility index (Phi) is 4.10. The van der Waals surface area contributed by atoms with Gasteiger partial charge in [-0.25, -0.2) is 0 Å². The summed E-state index contributed by atoms with van der Waals surface area (Å²) in [7, 11) is 0. The highest BCUT2D eigenvalue weighted by Crippen LogP contribution is 2.31. The topological polar surface area (TPSA) is 50.4 Å². The molecular weight excluding hydrogens is 332 g/mol. The van der Waals surface area contributed by atoms with E-state index in [1.54, 1.807) is 6.07 Å². The normalized spacial score (nSPS) is 12.8. The Hall–Kier alpha value is -2.01. The maximum Gasteiger partial charge on any atom is 0.255 e. The molecule has 0 spiro atoms. The molecule has 0 atom stereocenters. The van der Waals surface area contributed by atoms with Crippen molar-refractivity contribution in [2.45, 2.75) is 6.54 Å². The molecule has 1 aliphatic rings. The zero-order valence-electron chi connectivity index (χ0n) is 11.4. The lowest BCUT2D eigenvalue weighted by Gasteiger charge is -2.21. The monoisotopic (exact) mass is 346 g/mol. The van der Waals surface area contributed by atoms with Gasteiger partial charge >= 0.3 is 0 Å². The predicted octanol–water partition coefficient (Wildman–Crippen LogP) is 3.18. The van der Waals surface area contributed by atoms with Crippen LogP contribution in [-0.2, 0) is 6.54 Å². The number of para-hydroxylation sites is 1. The maximum atomic E-state index is 12.3. The van der Waals surface area contributed by atoms with Gasteiger partial charge in [-0.2, -0.15) is 0 Å². The van der Waals surface area contributed by atoms with Gasteiger partial charge in [0.1, 0.15) is 6.61 Å². The van der Waals surface area contributed by atoms with Crippen molar-refractivity contribution in [2.24, 2.45) is 0 Å². The molecule has 2 aromatic rings. The van der Waals surface area contributed by atoms with E-state index >= 15 is 0 Å². The number of carbonyl (C=O) groups is 1. The molecule has 0 bridgehead atoms. The fourth-order valence-electron chi connectivity index (χ4n) is 2.27. The third kappa shape index (κ3) is 3.19. The van der Waals surface area contributed by atoms with E-state index in [4.69, 9.17) is 4.74 Å². The third-order valence-corrected chi connectivity index (χ3v) is 3.76. The number of nitrogens with one attached hydrogen (secondary N) is 2. The number of hydrogen-bond donors (Lipinski definition) is 2. The second kappa shape index (κ2) is 6.18. The van der Waals surface area contributed by atoms with Crippen LogP contribution in [0.5, 0.6) is 5.75 Å². The molecule has 5 heteroatoms. The molecular formula is C16H15BrN2O2. The second-order valence-electron chi connectivity index (χ2n) is 4.77. The summed E-state index contributed by atoms with van der Waals surface area (Å²) in [6.45, 7) is 1.81. The summed E-state index contributed by atoms with van der Waals surface area (Å²) in [4.78, 5) is 12.3. The van der Waals surface area contributed by atoms with Gasteiger partial charge in [0, 0.05) is 17.6 Å². The first-order chi connectivity index (χ1) is 10.2. The first kappa shape index (κ1) is 13.9. The van der Waals surface area contributed by atoms with Crippen molar-refractivity contribution in [2.75, 3.05) is 18.5 Å². The third-order valence-electron chi connectivity index (χ3n) is 3.27. The van der Waals surface area contributed by atoms with Crippen LogP contribution in [0, 0.1) is 0 Å². The van der Waals surface area contributed by atoms with Crippen molar-refractivity contribution in [3.05, 3.63) is 58.1 Å². The molecule has 3 rings (SSSR count). The van der Waals surface area contributed by atoms with E-state index in [0.29, 0.717) is 24.5 Å². The number of anilines is 1. The lowest BCUT2D eigenvalue weighted by atomic mass is 10.1. The number of halogens is 1. The highest BCUT2D eigenvalue weighted by molar-refractivity contribution is 9.10. The number of rotatable bonds is 3. The van der Waals surface area contributed by atoms with Crippen molar-refractivity contribution in [1.29, 1.82) is 0 Å². The Morgan fingerprint density at radius 3 is 3.00 bits per heavy atom. The SMILES string of the molecule is O=C(NCc1cccc(Br)c1)c1cccc2c1OCCN2. The van der Waals surface area contributed by atoms with Gasteiger partial charge in [-0.05, 0) is 29.8 Å². The van der Waals surface area contributed by atoms with E-state index in [0.717, 1.165) is 22.3 Å². The van der Waals surface area contributed by atoms with Gasteiger partial charge in [-0.15, -0.1) is 0 Å². The fourth-order valence-corrected chi connectivity index (χ4v) is 2.72. The molecule has 2 N–H and O–H groups in total. The number of benzene rings is 2. The Balaban J connectivity index is 1.74. The minimum absolute atomic E-state index is 0.129. The second-order valence-corrected chi connectivity index (χ2v) is 5.69. The smallest absolute Gasteiger partial charge is 0.255 e. The Bertz CT molecular complexity index is 673. The van der Waals surface area contributed by atoms with Gasteiger partial charge in [0.2, 0.25) is 0 Å². The highest BCUT2D eigenvalue weighted by atomic mass is 79.9. The summed E-state index contributed by atoms with van der Waals surface area (Å²) in [6, 6.07) is 13.4. The summed E-state index contributed by atoms with van der Waals surface area (Å²) in [5.41, 5.74) is 2.48. The number of fused-ring (bicyclic) bond motifs is 1. The number of carbonyl (C=O) groups excluding carboxylic acids is 1. The molecule has 4 nitrogen and oxygen atoms in total. The van der Waals surface area contributed by atoms with Gasteiger partial charge in [0.05, 0.1) is 11.3 Å². The number of hydrogen-bond acceptors (Lipinski definition) is 3. The summed E-state index contributed by atoms with van der Waals surface area (Å²) >= 11 is 3.42. The predicted molar refractivity (Wildman–Crippen MR) is 85.7 cm³/mol. The van der Waals surface area contributed by atoms with E-state index in [-0.39, 0.29) is 5.91 Å². The molecule has 108 valence electrons. The molecule has 21 heavy (non-hydrogen) atoms. The number of ether oxygens (including phenoxy) is 1. The molecule has 1 heterocycles. The highest BCUT2D eigenvalue weighted by Gasteiger charge is 2.18. The quantitative estimate of drug-likeness (QED) is 0.897. The van der Waals surface area contributed by atoms with Gasteiger partial charge in [0.25, 0.3) is 5.91 Å². The van der Waals surface area contributed by atoms with E-state index in [1.165, 1.54) is 0 Å². The van der Waals surface area contributed by atoms with Crippen molar-refractivity contribution in [3.63, 3.8) is 0 Å². The first-order valence-corrected chi connectivity index (χ1v) is 7.55. The molecule has 2 aromatic carbocycles. The van der Waals surface area contributed by atoms with Crippen LogP contribution in [0.3, 0.4) is 0 Å². The van der Waals surface area contributed by atoms with Crippen molar-refractivity contribution < 1.29 is 9.53 Å². The summed E-state index contributed by atoms with van der Waals surface area (Å²) in [6.07, 6.45) is 0. The Morgan fingerprint density at radius 1 is 1.29 bits per heavy atom. The zero-order valence-corrected chi connectivity index (χ0v) is 12.9. The summed E-state index contributed by atoms with van der Waals surface area (Å²) < 4.78 is 6.62. The average molecular weight is 347 g/mol. The van der Waals surface area contributed by atoms with Crippen LogP contribution in [-0.4, -0.2) is 19.1 Å². The van der Waals surface area contributed by atoms with E-state index in [9.17, 15) is 4.79 Å². The van der Waals surface area contributed by atoms with Crippen LogP contribution in [0.2, 0.25) is 0 Å². The van der Waals surface area contributed by atoms with Crippen LogP contribution in [0.1, 0.15) is 15.9 Å². The largest absolute Gasteiger partial charge is 0.489 e. The van der Waals surface area contributed by atoms with Crippen LogP contribution >= 0.6 is 15.9 Å². The molecule has 0 aliphatic carbocycles. The molecule has 1 aliphatic heterocycles. The van der Waals surface area contributed by atoms with Crippen LogP contribution in [0.15, 0.2) is 46.9 Å². The zero-order chi connectivity index (χ0) is 14.7. The first-order valence-electron chi connectivity index (χ1n) is 6.76. The van der Waals surface area contributed by atoms with Gasteiger partial charge in [0.15, 0.2) is 5.75 Å². The standard InChI is InChI=1S/C16H15BrN2O2/c17-12-4-1-3-11(9-12)10-19-16(20)13-5-2-6-14-15(13)21-8-7-18-14/h1-6,9,18H,7-8,10H2,(H,19,20). The van der Waals surface area contributed by atoms with Crippen molar-refractivity contribution >= 4 is 27.5 Å². The van der Waals surface area contributed by atoms with Crippen molar-refractivity contribution in [3.8, 4) is 5.75 Å². The van der Waals surface area contributed by atoms with Gasteiger partial charge in [-0.3, -0.25) is 4.79 Å².